The molecular formula is C17H32NO2+. The van der Waals surface area contributed by atoms with Gasteiger partial charge in [-0.25, -0.2) is 0 Å². The van der Waals surface area contributed by atoms with E-state index in [1.165, 1.54) is 25.0 Å². The Kier molecular flexibility index (Phi) is 7.90. The van der Waals surface area contributed by atoms with Crippen LogP contribution < -0.4 is 4.90 Å². The van der Waals surface area contributed by atoms with E-state index in [-0.39, 0.29) is 11.9 Å². The lowest BCUT2D eigenvalue weighted by molar-refractivity contribution is -0.909. The molecule has 1 N–H and O–H groups in total. The van der Waals surface area contributed by atoms with E-state index >= 15 is 0 Å². The number of likely N-dealkylation sites (tertiary alicyclic amines) is 1. The summed E-state index contributed by atoms with van der Waals surface area (Å²) in [6.07, 6.45) is 6.79. The van der Waals surface area contributed by atoms with Crippen LogP contribution in [0.5, 0.6) is 0 Å². The number of carbonyl (C=O) groups is 1. The molecule has 1 saturated heterocycles. The Morgan fingerprint density at radius 3 is 2.55 bits per heavy atom. The number of allylic oxidation sites excluding steroid dienone is 2. The number of quaternary nitrogens is 1. The van der Waals surface area contributed by atoms with E-state index in [2.05, 4.69) is 26.8 Å². The van der Waals surface area contributed by atoms with Gasteiger partial charge >= 0.3 is 5.97 Å². The van der Waals surface area contributed by atoms with Crippen LogP contribution in [0.3, 0.4) is 0 Å². The third-order valence-corrected chi connectivity index (χ3v) is 4.16. The van der Waals surface area contributed by atoms with Crippen molar-refractivity contribution in [1.29, 1.82) is 0 Å². The van der Waals surface area contributed by atoms with Crippen molar-refractivity contribution >= 4 is 5.97 Å². The summed E-state index contributed by atoms with van der Waals surface area (Å²) in [6.45, 7) is 12.5. The van der Waals surface area contributed by atoms with Gasteiger partial charge < -0.3 is 9.64 Å². The number of hydrogen-bond acceptors (Lipinski definition) is 2. The zero-order chi connectivity index (χ0) is 15.0. The molecule has 0 bridgehead atoms. The molecule has 0 amide bonds. The topological polar surface area (TPSA) is 30.7 Å². The van der Waals surface area contributed by atoms with E-state index < -0.39 is 0 Å². The summed E-state index contributed by atoms with van der Waals surface area (Å²) < 4.78 is 5.12. The largest absolute Gasteiger partial charge is 0.466 e. The molecule has 1 aliphatic rings. The molecule has 0 aromatic rings. The first kappa shape index (κ1) is 17.2. The highest BCUT2D eigenvalue weighted by Crippen LogP contribution is 2.12. The van der Waals surface area contributed by atoms with E-state index in [1.807, 2.05) is 6.92 Å². The molecule has 0 radical (unpaired) electrons. The minimum atomic E-state index is 0.0168. The first-order chi connectivity index (χ1) is 9.52. The van der Waals surface area contributed by atoms with Gasteiger partial charge in [-0.1, -0.05) is 18.6 Å². The number of hydrogen-bond donors (Lipinski definition) is 1. The first-order valence-electron chi connectivity index (χ1n) is 8.16. The van der Waals surface area contributed by atoms with E-state index in [9.17, 15) is 4.79 Å². The van der Waals surface area contributed by atoms with Crippen molar-refractivity contribution in [3.05, 3.63) is 11.6 Å². The number of rotatable bonds is 7. The van der Waals surface area contributed by atoms with Crippen LogP contribution in [0, 0.1) is 11.8 Å². The predicted octanol–water partition coefficient (Wildman–Crippen LogP) is 2.23. The van der Waals surface area contributed by atoms with Gasteiger partial charge in [-0.3, -0.25) is 4.79 Å². The Labute approximate surface area is 124 Å². The average molecular weight is 282 g/mol. The Bertz CT molecular complexity index is 313. The molecule has 20 heavy (non-hydrogen) atoms. The van der Waals surface area contributed by atoms with E-state index in [4.69, 9.17) is 4.74 Å². The van der Waals surface area contributed by atoms with Gasteiger partial charge in [-0.15, -0.1) is 0 Å². The van der Waals surface area contributed by atoms with Crippen LogP contribution in [-0.4, -0.2) is 32.2 Å². The molecule has 1 rings (SSSR count). The molecule has 3 heteroatoms. The van der Waals surface area contributed by atoms with Gasteiger partial charge in [0.1, 0.15) is 0 Å². The van der Waals surface area contributed by atoms with Crippen molar-refractivity contribution in [2.75, 3.05) is 26.2 Å². The molecule has 0 aromatic heterocycles. The number of ether oxygens (including phenoxy) is 1. The maximum absolute atomic E-state index is 11.7. The van der Waals surface area contributed by atoms with Crippen LogP contribution >= 0.6 is 0 Å². The molecule has 1 atom stereocenters. The van der Waals surface area contributed by atoms with Crippen LogP contribution in [0.25, 0.3) is 0 Å². The van der Waals surface area contributed by atoms with E-state index in [1.54, 1.807) is 4.90 Å². The highest BCUT2D eigenvalue weighted by molar-refractivity contribution is 5.72. The van der Waals surface area contributed by atoms with Gasteiger partial charge in [0.05, 0.1) is 32.2 Å². The maximum Gasteiger partial charge on any atom is 0.309 e. The fourth-order valence-corrected chi connectivity index (χ4v) is 2.98. The van der Waals surface area contributed by atoms with Gasteiger partial charge in [0.2, 0.25) is 0 Å². The molecule has 0 saturated carbocycles. The summed E-state index contributed by atoms with van der Waals surface area (Å²) in [7, 11) is 0. The zero-order valence-corrected chi connectivity index (χ0v) is 13.7. The average Bonchev–Trinajstić information content (AvgIpc) is 2.39. The van der Waals surface area contributed by atoms with Crippen LogP contribution in [0.4, 0.5) is 0 Å². The maximum atomic E-state index is 11.7. The van der Waals surface area contributed by atoms with Crippen LogP contribution in [-0.2, 0) is 9.53 Å². The Morgan fingerprint density at radius 1 is 1.35 bits per heavy atom. The summed E-state index contributed by atoms with van der Waals surface area (Å²) >= 11 is 0. The van der Waals surface area contributed by atoms with Crippen molar-refractivity contribution in [3.63, 3.8) is 0 Å². The summed E-state index contributed by atoms with van der Waals surface area (Å²) in [5.74, 6) is 0.933. The molecule has 3 nitrogen and oxygen atoms in total. The SMILES string of the molecule is CCOC(=O)C1CC[NH+](C[C@H](C)CCC=C(C)C)CC1. The lowest BCUT2D eigenvalue weighted by Gasteiger charge is -2.29. The first-order valence-corrected chi connectivity index (χ1v) is 8.16. The number of carbonyl (C=O) groups excluding carboxylic acids is 1. The van der Waals surface area contributed by atoms with Crippen LogP contribution in [0.15, 0.2) is 11.6 Å². The van der Waals surface area contributed by atoms with Crippen molar-refractivity contribution in [3.8, 4) is 0 Å². The smallest absolute Gasteiger partial charge is 0.309 e. The molecule has 0 spiro atoms. The number of nitrogens with one attached hydrogen (secondary N) is 1. The van der Waals surface area contributed by atoms with Crippen LogP contribution in [0.1, 0.15) is 53.4 Å². The van der Waals surface area contributed by atoms with Gasteiger partial charge in [0.15, 0.2) is 0 Å². The van der Waals surface area contributed by atoms with Gasteiger partial charge in [-0.2, -0.15) is 0 Å². The molecule has 0 aliphatic carbocycles. The Balaban J connectivity index is 2.21. The third kappa shape index (κ3) is 6.56. The van der Waals surface area contributed by atoms with Gasteiger partial charge in [-0.05, 0) is 33.6 Å². The normalized spacial score (nSPS) is 24.0. The van der Waals surface area contributed by atoms with Gasteiger partial charge in [0, 0.05) is 18.8 Å². The molecule has 1 heterocycles. The van der Waals surface area contributed by atoms with E-state index in [0.717, 1.165) is 31.8 Å². The second-order valence-corrected chi connectivity index (χ2v) is 6.44. The molecule has 116 valence electrons. The summed E-state index contributed by atoms with van der Waals surface area (Å²) in [4.78, 5) is 13.4. The van der Waals surface area contributed by atoms with Gasteiger partial charge in [0.25, 0.3) is 0 Å². The van der Waals surface area contributed by atoms with E-state index in [0.29, 0.717) is 6.61 Å². The minimum Gasteiger partial charge on any atom is -0.466 e. The second kappa shape index (κ2) is 9.17. The Morgan fingerprint density at radius 2 is 2.00 bits per heavy atom. The summed E-state index contributed by atoms with van der Waals surface area (Å²) in [5.41, 5.74) is 1.42. The highest BCUT2D eigenvalue weighted by atomic mass is 16.5. The van der Waals surface area contributed by atoms with Crippen molar-refractivity contribution in [2.45, 2.75) is 53.4 Å². The summed E-state index contributed by atoms with van der Waals surface area (Å²) in [5, 5.41) is 0. The fourth-order valence-electron chi connectivity index (χ4n) is 2.98. The monoisotopic (exact) mass is 282 g/mol. The number of esters is 1. The summed E-state index contributed by atoms with van der Waals surface area (Å²) in [6, 6.07) is 0. The molecule has 0 aromatic carbocycles. The highest BCUT2D eigenvalue weighted by Gasteiger charge is 2.28. The van der Waals surface area contributed by atoms with Crippen molar-refractivity contribution in [1.82, 2.24) is 0 Å². The lowest BCUT2D eigenvalue weighted by Crippen LogP contribution is -3.13. The van der Waals surface area contributed by atoms with Crippen LogP contribution in [0.2, 0.25) is 0 Å². The second-order valence-electron chi connectivity index (χ2n) is 6.44. The quantitative estimate of drug-likeness (QED) is 0.573. The fraction of sp³-hybridized carbons (Fsp3) is 0.824. The lowest BCUT2D eigenvalue weighted by atomic mass is 9.95. The van der Waals surface area contributed by atoms with Crippen molar-refractivity contribution < 1.29 is 14.4 Å². The molecule has 1 fully saturated rings. The predicted molar refractivity (Wildman–Crippen MR) is 82.7 cm³/mol. The zero-order valence-electron chi connectivity index (χ0n) is 13.7. The standard InChI is InChI=1S/C17H31NO2/c1-5-20-17(19)16-9-11-18(12-10-16)13-15(4)8-6-7-14(2)3/h7,15-16H,5-6,8-13H2,1-4H3/p+1/t15-/m1/s1. The molecule has 0 unspecified atom stereocenters. The third-order valence-electron chi connectivity index (χ3n) is 4.16. The number of piperidine rings is 1. The molecule has 1 aliphatic heterocycles. The molecular weight excluding hydrogens is 250 g/mol. The van der Waals surface area contributed by atoms with Crippen molar-refractivity contribution in [2.24, 2.45) is 11.8 Å². The minimum absolute atomic E-state index is 0.0168. The Hall–Kier alpha value is -0.830.